The van der Waals surface area contributed by atoms with Gasteiger partial charge in [-0.1, -0.05) is 11.6 Å². The van der Waals surface area contributed by atoms with Gasteiger partial charge in [0.25, 0.3) is 0 Å². The fourth-order valence-corrected chi connectivity index (χ4v) is 1.75. The summed E-state index contributed by atoms with van der Waals surface area (Å²) in [5.41, 5.74) is 0.562. The van der Waals surface area contributed by atoms with Crippen LogP contribution in [-0.4, -0.2) is 6.10 Å². The second-order valence-corrected chi connectivity index (χ2v) is 4.32. The molecule has 1 unspecified atom stereocenters. The van der Waals surface area contributed by atoms with Gasteiger partial charge in [0.15, 0.2) is 0 Å². The van der Waals surface area contributed by atoms with Gasteiger partial charge in [-0.25, -0.2) is 0 Å². The first-order valence-electron chi connectivity index (χ1n) is 5.07. The topological polar surface area (TPSA) is 33.0 Å². The lowest BCUT2D eigenvalue weighted by Gasteiger charge is -2.14. The molecule has 0 amide bonds. The monoisotopic (exact) mass is 221 g/mol. The SMILES string of the molecule is CC(Oc1ccc(C#N)cc1Cl)C1CC1. The van der Waals surface area contributed by atoms with E-state index in [2.05, 4.69) is 6.92 Å². The second-order valence-electron chi connectivity index (χ2n) is 3.92. The number of hydrogen-bond acceptors (Lipinski definition) is 2. The predicted octanol–water partition coefficient (Wildman–Crippen LogP) is 3.39. The third kappa shape index (κ3) is 2.43. The molecule has 1 aromatic rings. The van der Waals surface area contributed by atoms with Crippen LogP contribution in [0.2, 0.25) is 5.02 Å². The van der Waals surface area contributed by atoms with Crippen LogP contribution in [0.25, 0.3) is 0 Å². The minimum atomic E-state index is 0.218. The fourth-order valence-electron chi connectivity index (χ4n) is 1.53. The largest absolute Gasteiger partial charge is 0.489 e. The maximum atomic E-state index is 8.68. The molecular weight excluding hydrogens is 210 g/mol. The van der Waals surface area contributed by atoms with E-state index in [0.717, 1.165) is 0 Å². The number of halogens is 1. The molecule has 1 aliphatic carbocycles. The Morgan fingerprint density at radius 2 is 2.27 bits per heavy atom. The molecule has 0 spiro atoms. The van der Waals surface area contributed by atoms with E-state index in [-0.39, 0.29) is 6.10 Å². The Morgan fingerprint density at radius 3 is 2.80 bits per heavy atom. The molecule has 0 bridgehead atoms. The molecule has 78 valence electrons. The zero-order valence-corrected chi connectivity index (χ0v) is 9.29. The van der Waals surface area contributed by atoms with Crippen LogP contribution in [0.5, 0.6) is 5.75 Å². The van der Waals surface area contributed by atoms with E-state index in [1.165, 1.54) is 12.8 Å². The molecule has 1 aromatic carbocycles. The average molecular weight is 222 g/mol. The van der Waals surface area contributed by atoms with Gasteiger partial charge in [0.2, 0.25) is 0 Å². The molecule has 2 nitrogen and oxygen atoms in total. The third-order valence-electron chi connectivity index (χ3n) is 2.66. The molecule has 1 atom stereocenters. The Labute approximate surface area is 94.4 Å². The van der Waals surface area contributed by atoms with Crippen molar-refractivity contribution in [2.75, 3.05) is 0 Å². The number of rotatable bonds is 3. The van der Waals surface area contributed by atoms with Gasteiger partial charge in [-0.05, 0) is 43.9 Å². The molecule has 0 radical (unpaired) electrons. The van der Waals surface area contributed by atoms with E-state index in [4.69, 9.17) is 21.6 Å². The summed E-state index contributed by atoms with van der Waals surface area (Å²) in [5, 5.41) is 9.20. The number of nitriles is 1. The van der Waals surface area contributed by atoms with Crippen LogP contribution >= 0.6 is 11.6 Å². The minimum Gasteiger partial charge on any atom is -0.489 e. The normalized spacial score (nSPS) is 16.9. The molecular formula is C12H12ClNO. The highest BCUT2D eigenvalue weighted by molar-refractivity contribution is 6.32. The molecule has 0 N–H and O–H groups in total. The Hall–Kier alpha value is -1.20. The molecule has 15 heavy (non-hydrogen) atoms. The van der Waals surface area contributed by atoms with Crippen molar-refractivity contribution in [3.63, 3.8) is 0 Å². The quantitative estimate of drug-likeness (QED) is 0.784. The van der Waals surface area contributed by atoms with Gasteiger partial charge in [0, 0.05) is 0 Å². The van der Waals surface area contributed by atoms with Crippen molar-refractivity contribution in [1.29, 1.82) is 5.26 Å². The van der Waals surface area contributed by atoms with Crippen molar-refractivity contribution in [3.8, 4) is 11.8 Å². The lowest BCUT2D eigenvalue weighted by molar-refractivity contribution is 0.198. The first-order valence-corrected chi connectivity index (χ1v) is 5.45. The molecule has 1 aliphatic rings. The molecule has 0 aliphatic heterocycles. The van der Waals surface area contributed by atoms with Crippen molar-refractivity contribution in [2.24, 2.45) is 5.92 Å². The third-order valence-corrected chi connectivity index (χ3v) is 2.96. The van der Waals surface area contributed by atoms with Crippen LogP contribution in [-0.2, 0) is 0 Å². The fraction of sp³-hybridized carbons (Fsp3) is 0.417. The first kappa shape index (κ1) is 10.3. The predicted molar refractivity (Wildman–Crippen MR) is 59.0 cm³/mol. The van der Waals surface area contributed by atoms with Crippen molar-refractivity contribution >= 4 is 11.6 Å². The molecule has 0 saturated heterocycles. The van der Waals surface area contributed by atoms with Crippen LogP contribution in [0.1, 0.15) is 25.3 Å². The molecule has 1 saturated carbocycles. The lowest BCUT2D eigenvalue weighted by Crippen LogP contribution is -2.14. The second kappa shape index (κ2) is 4.12. The summed E-state index contributed by atoms with van der Waals surface area (Å²) in [6, 6.07) is 7.17. The summed E-state index contributed by atoms with van der Waals surface area (Å²) >= 11 is 6.00. The van der Waals surface area contributed by atoms with Crippen LogP contribution in [0.4, 0.5) is 0 Å². The van der Waals surface area contributed by atoms with Crippen molar-refractivity contribution in [1.82, 2.24) is 0 Å². The van der Waals surface area contributed by atoms with Gasteiger partial charge in [-0.3, -0.25) is 0 Å². The van der Waals surface area contributed by atoms with Gasteiger partial charge in [-0.15, -0.1) is 0 Å². The van der Waals surface area contributed by atoms with Gasteiger partial charge < -0.3 is 4.74 Å². The zero-order chi connectivity index (χ0) is 10.8. The van der Waals surface area contributed by atoms with Crippen molar-refractivity contribution in [3.05, 3.63) is 28.8 Å². The number of hydrogen-bond donors (Lipinski definition) is 0. The molecule has 3 heteroatoms. The van der Waals surface area contributed by atoms with E-state index in [9.17, 15) is 0 Å². The van der Waals surface area contributed by atoms with Gasteiger partial charge in [-0.2, -0.15) is 5.26 Å². The summed E-state index contributed by atoms with van der Waals surface area (Å²) in [4.78, 5) is 0. The number of ether oxygens (including phenoxy) is 1. The van der Waals surface area contributed by atoms with Crippen LogP contribution < -0.4 is 4.74 Å². The van der Waals surface area contributed by atoms with Crippen LogP contribution in [0.3, 0.4) is 0 Å². The summed E-state index contributed by atoms with van der Waals surface area (Å²) in [5.74, 6) is 1.35. The van der Waals surface area contributed by atoms with Crippen molar-refractivity contribution < 1.29 is 4.74 Å². The van der Waals surface area contributed by atoms with Crippen LogP contribution in [0.15, 0.2) is 18.2 Å². The first-order chi connectivity index (χ1) is 7.20. The lowest BCUT2D eigenvalue weighted by atomic mass is 10.2. The Kier molecular flexibility index (Phi) is 2.83. The number of nitrogens with zero attached hydrogens (tertiary/aromatic N) is 1. The Morgan fingerprint density at radius 1 is 1.53 bits per heavy atom. The van der Waals surface area contributed by atoms with E-state index >= 15 is 0 Å². The number of benzene rings is 1. The van der Waals surface area contributed by atoms with Gasteiger partial charge in [0.05, 0.1) is 22.8 Å². The van der Waals surface area contributed by atoms with Gasteiger partial charge >= 0.3 is 0 Å². The minimum absolute atomic E-state index is 0.218. The maximum Gasteiger partial charge on any atom is 0.138 e. The average Bonchev–Trinajstić information content (AvgIpc) is 3.04. The highest BCUT2D eigenvalue weighted by Gasteiger charge is 2.29. The Balaban J connectivity index is 2.11. The smallest absolute Gasteiger partial charge is 0.138 e. The van der Waals surface area contributed by atoms with E-state index in [0.29, 0.717) is 22.3 Å². The zero-order valence-electron chi connectivity index (χ0n) is 8.53. The van der Waals surface area contributed by atoms with E-state index in [1.54, 1.807) is 18.2 Å². The summed E-state index contributed by atoms with van der Waals surface area (Å²) in [6.07, 6.45) is 2.71. The molecule has 0 heterocycles. The highest BCUT2D eigenvalue weighted by atomic mass is 35.5. The summed E-state index contributed by atoms with van der Waals surface area (Å²) in [7, 11) is 0. The standard InChI is InChI=1S/C12H12ClNO/c1-8(10-3-4-10)15-12-5-2-9(7-14)6-11(12)13/h2,5-6,8,10H,3-4H2,1H3. The van der Waals surface area contributed by atoms with E-state index in [1.807, 2.05) is 6.07 Å². The van der Waals surface area contributed by atoms with Crippen molar-refractivity contribution in [2.45, 2.75) is 25.9 Å². The molecule has 2 rings (SSSR count). The molecule has 1 fully saturated rings. The Bertz CT molecular complexity index is 407. The summed E-state index contributed by atoms with van der Waals surface area (Å²) in [6.45, 7) is 2.06. The summed E-state index contributed by atoms with van der Waals surface area (Å²) < 4.78 is 5.73. The van der Waals surface area contributed by atoms with E-state index < -0.39 is 0 Å². The van der Waals surface area contributed by atoms with Crippen LogP contribution in [0, 0.1) is 17.2 Å². The molecule has 0 aromatic heterocycles. The van der Waals surface area contributed by atoms with Gasteiger partial charge in [0.1, 0.15) is 5.75 Å². The highest BCUT2D eigenvalue weighted by Crippen LogP contribution is 2.36. The maximum absolute atomic E-state index is 8.68.